The van der Waals surface area contributed by atoms with Gasteiger partial charge in [0.15, 0.2) is 5.82 Å². The summed E-state index contributed by atoms with van der Waals surface area (Å²) in [6.45, 7) is 2.82. The number of ether oxygens (including phenoxy) is 1. The zero-order valence-electron chi connectivity index (χ0n) is 14.2. The normalized spacial score (nSPS) is 14.3. The van der Waals surface area contributed by atoms with E-state index in [9.17, 15) is 4.79 Å². The molecule has 0 saturated carbocycles. The van der Waals surface area contributed by atoms with E-state index in [0.29, 0.717) is 41.3 Å². The van der Waals surface area contributed by atoms with Crippen LogP contribution >= 0.6 is 11.6 Å². The Morgan fingerprint density at radius 3 is 2.76 bits per heavy atom. The van der Waals surface area contributed by atoms with Crippen molar-refractivity contribution in [3.05, 3.63) is 41.0 Å². The Bertz CT molecular complexity index is 762. The van der Waals surface area contributed by atoms with Crippen LogP contribution in [0.25, 0.3) is 0 Å². The monoisotopic (exact) mass is 361 g/mol. The number of nitrogens with one attached hydrogen (secondary N) is 1. The van der Waals surface area contributed by atoms with Gasteiger partial charge in [0.2, 0.25) is 5.95 Å². The van der Waals surface area contributed by atoms with Crippen LogP contribution in [-0.2, 0) is 4.74 Å². The summed E-state index contributed by atoms with van der Waals surface area (Å²) < 4.78 is 5.36. The predicted molar refractivity (Wildman–Crippen MR) is 98.8 cm³/mol. The van der Waals surface area contributed by atoms with Gasteiger partial charge in [-0.1, -0.05) is 17.7 Å². The quantitative estimate of drug-likeness (QED) is 0.901. The van der Waals surface area contributed by atoms with E-state index in [2.05, 4.69) is 20.2 Å². The summed E-state index contributed by atoms with van der Waals surface area (Å²) in [5.41, 5.74) is 1.03. The van der Waals surface area contributed by atoms with Crippen LogP contribution < -0.4 is 15.1 Å². The molecular weight excluding hydrogens is 342 g/mol. The van der Waals surface area contributed by atoms with E-state index in [0.717, 1.165) is 13.1 Å². The van der Waals surface area contributed by atoms with Crippen LogP contribution in [0.5, 0.6) is 0 Å². The molecule has 3 rings (SSSR count). The number of hydrogen-bond donors (Lipinski definition) is 1. The number of amides is 1. The summed E-state index contributed by atoms with van der Waals surface area (Å²) >= 11 is 5.95. The molecule has 1 aliphatic rings. The average Bonchev–Trinajstić information content (AvgIpc) is 2.62. The van der Waals surface area contributed by atoms with Gasteiger partial charge in [0, 0.05) is 37.8 Å². The van der Waals surface area contributed by atoms with E-state index in [1.807, 2.05) is 19.0 Å². The molecule has 1 saturated heterocycles. The van der Waals surface area contributed by atoms with Crippen LogP contribution in [0.4, 0.5) is 17.5 Å². The summed E-state index contributed by atoms with van der Waals surface area (Å²) in [5, 5.41) is 3.37. The fourth-order valence-corrected chi connectivity index (χ4v) is 2.72. The Balaban J connectivity index is 1.84. The highest BCUT2D eigenvalue weighted by Crippen LogP contribution is 2.25. The standard InChI is InChI=1S/C17H20ClN5O2/c1-22(2)15-14(20-16(24)12-4-3-5-13(18)10-12)11-19-17(21-15)23-6-8-25-9-7-23/h3-5,10-11H,6-9H2,1-2H3,(H,20,24). The Morgan fingerprint density at radius 1 is 1.32 bits per heavy atom. The first kappa shape index (κ1) is 17.4. The van der Waals surface area contributed by atoms with E-state index in [1.165, 1.54) is 0 Å². The number of aromatic nitrogens is 2. The number of morpholine rings is 1. The fraction of sp³-hybridized carbons (Fsp3) is 0.353. The molecule has 8 heteroatoms. The molecule has 0 atom stereocenters. The van der Waals surface area contributed by atoms with Crippen molar-refractivity contribution in [3.63, 3.8) is 0 Å². The predicted octanol–water partition coefficient (Wildman–Crippen LogP) is 2.28. The zero-order valence-corrected chi connectivity index (χ0v) is 15.0. The lowest BCUT2D eigenvalue weighted by Gasteiger charge is -2.28. The number of halogens is 1. The second-order valence-corrected chi connectivity index (χ2v) is 6.30. The molecule has 1 N–H and O–H groups in total. The first-order valence-electron chi connectivity index (χ1n) is 7.98. The summed E-state index contributed by atoms with van der Waals surface area (Å²) in [6.07, 6.45) is 1.63. The van der Waals surface area contributed by atoms with Gasteiger partial charge >= 0.3 is 0 Å². The van der Waals surface area contributed by atoms with Gasteiger partial charge in [-0.15, -0.1) is 0 Å². The first-order chi connectivity index (χ1) is 12.0. The molecule has 0 spiro atoms. The molecule has 0 aliphatic carbocycles. The van der Waals surface area contributed by atoms with Crippen LogP contribution in [0.1, 0.15) is 10.4 Å². The van der Waals surface area contributed by atoms with Crippen molar-refractivity contribution in [2.45, 2.75) is 0 Å². The Morgan fingerprint density at radius 2 is 2.08 bits per heavy atom. The maximum atomic E-state index is 12.5. The third kappa shape index (κ3) is 4.18. The molecule has 0 unspecified atom stereocenters. The average molecular weight is 362 g/mol. The number of hydrogen-bond acceptors (Lipinski definition) is 6. The van der Waals surface area contributed by atoms with Crippen molar-refractivity contribution in [2.24, 2.45) is 0 Å². The molecule has 1 amide bonds. The smallest absolute Gasteiger partial charge is 0.255 e. The second-order valence-electron chi connectivity index (χ2n) is 5.87. The highest BCUT2D eigenvalue weighted by molar-refractivity contribution is 6.31. The number of rotatable bonds is 4. The van der Waals surface area contributed by atoms with Gasteiger partial charge in [-0.05, 0) is 18.2 Å². The van der Waals surface area contributed by atoms with Crippen molar-refractivity contribution >= 4 is 35.0 Å². The summed E-state index contributed by atoms with van der Waals surface area (Å²) in [5.74, 6) is 1.02. The van der Waals surface area contributed by atoms with E-state index in [1.54, 1.807) is 30.5 Å². The SMILES string of the molecule is CN(C)c1nc(N2CCOCC2)ncc1NC(=O)c1cccc(Cl)c1. The maximum absolute atomic E-state index is 12.5. The number of nitrogens with zero attached hydrogens (tertiary/aromatic N) is 4. The maximum Gasteiger partial charge on any atom is 0.255 e. The summed E-state index contributed by atoms with van der Waals surface area (Å²) in [4.78, 5) is 25.4. The highest BCUT2D eigenvalue weighted by Gasteiger charge is 2.18. The molecule has 0 bridgehead atoms. The molecule has 1 aromatic carbocycles. The third-order valence-corrected chi connectivity index (χ3v) is 4.04. The fourth-order valence-electron chi connectivity index (χ4n) is 2.53. The summed E-state index contributed by atoms with van der Waals surface area (Å²) in [6, 6.07) is 6.79. The second kappa shape index (κ2) is 7.67. The Hall–Kier alpha value is -2.38. The van der Waals surface area contributed by atoms with Crippen LogP contribution in [0.15, 0.2) is 30.5 Å². The topological polar surface area (TPSA) is 70.6 Å². The van der Waals surface area contributed by atoms with Crippen LogP contribution in [-0.4, -0.2) is 56.3 Å². The minimum absolute atomic E-state index is 0.256. The van der Waals surface area contributed by atoms with Gasteiger partial charge in [0.1, 0.15) is 5.69 Å². The largest absolute Gasteiger partial charge is 0.378 e. The van der Waals surface area contributed by atoms with E-state index in [-0.39, 0.29) is 5.91 Å². The number of anilines is 3. The molecule has 1 aromatic heterocycles. The van der Waals surface area contributed by atoms with Crippen LogP contribution in [0.2, 0.25) is 5.02 Å². The molecular formula is C17H20ClN5O2. The van der Waals surface area contributed by atoms with Gasteiger partial charge in [-0.25, -0.2) is 4.98 Å². The van der Waals surface area contributed by atoms with Crippen LogP contribution in [0, 0.1) is 0 Å². The highest BCUT2D eigenvalue weighted by atomic mass is 35.5. The molecule has 132 valence electrons. The molecule has 1 fully saturated rings. The molecule has 0 radical (unpaired) electrons. The Labute approximate surface area is 151 Å². The van der Waals surface area contributed by atoms with Gasteiger partial charge in [-0.3, -0.25) is 4.79 Å². The van der Waals surface area contributed by atoms with E-state index in [4.69, 9.17) is 16.3 Å². The Kier molecular flexibility index (Phi) is 5.35. The zero-order chi connectivity index (χ0) is 17.8. The van der Waals surface area contributed by atoms with E-state index >= 15 is 0 Å². The first-order valence-corrected chi connectivity index (χ1v) is 8.36. The number of carbonyl (C=O) groups is 1. The lowest BCUT2D eigenvalue weighted by Crippen LogP contribution is -2.37. The molecule has 2 aromatic rings. The molecule has 25 heavy (non-hydrogen) atoms. The van der Waals surface area contributed by atoms with Crippen LogP contribution in [0.3, 0.4) is 0 Å². The van der Waals surface area contributed by atoms with Gasteiger partial charge in [-0.2, -0.15) is 4.98 Å². The van der Waals surface area contributed by atoms with E-state index < -0.39 is 0 Å². The lowest BCUT2D eigenvalue weighted by molar-refractivity contribution is 0.102. The minimum atomic E-state index is -0.256. The van der Waals surface area contributed by atoms with Gasteiger partial charge < -0.3 is 19.9 Å². The molecule has 7 nitrogen and oxygen atoms in total. The number of benzene rings is 1. The van der Waals surface area contributed by atoms with Gasteiger partial charge in [0.25, 0.3) is 5.91 Å². The van der Waals surface area contributed by atoms with Crippen molar-refractivity contribution < 1.29 is 9.53 Å². The summed E-state index contributed by atoms with van der Waals surface area (Å²) in [7, 11) is 3.75. The third-order valence-electron chi connectivity index (χ3n) is 3.81. The van der Waals surface area contributed by atoms with Gasteiger partial charge in [0.05, 0.1) is 19.4 Å². The molecule has 2 heterocycles. The molecule has 1 aliphatic heterocycles. The lowest BCUT2D eigenvalue weighted by atomic mass is 10.2. The minimum Gasteiger partial charge on any atom is -0.378 e. The number of carbonyl (C=O) groups excluding carboxylic acids is 1. The van der Waals surface area contributed by atoms with Crippen molar-refractivity contribution in [2.75, 3.05) is 55.5 Å². The van der Waals surface area contributed by atoms with Crippen molar-refractivity contribution in [1.82, 2.24) is 9.97 Å². The van der Waals surface area contributed by atoms with Crippen molar-refractivity contribution in [3.8, 4) is 0 Å². The van der Waals surface area contributed by atoms with Crippen molar-refractivity contribution in [1.29, 1.82) is 0 Å².